The largest absolute Gasteiger partial charge is 0.416 e. The normalized spacial score (nSPS) is 15.2. The minimum absolute atomic E-state index is 0. The van der Waals surface area contributed by atoms with E-state index in [1.54, 1.807) is 0 Å². The fourth-order valence-electron chi connectivity index (χ4n) is 1.64. The first-order valence-corrected chi connectivity index (χ1v) is 5.01. The molecule has 7 heteroatoms. The van der Waals surface area contributed by atoms with Crippen LogP contribution in [0.3, 0.4) is 0 Å². The van der Waals surface area contributed by atoms with Crippen LogP contribution in [-0.2, 0) is 6.18 Å². The summed E-state index contributed by atoms with van der Waals surface area (Å²) in [6, 6.07) is 2.10. The van der Waals surface area contributed by atoms with Crippen LogP contribution >= 0.6 is 24.8 Å². The van der Waals surface area contributed by atoms with Gasteiger partial charge in [-0.15, -0.1) is 24.8 Å². The molecular weight excluding hydrogens is 288 g/mol. The number of hydrogen-bond acceptors (Lipinski definition) is 2. The molecule has 0 radical (unpaired) electrons. The van der Waals surface area contributed by atoms with E-state index in [-0.39, 0.29) is 24.8 Å². The molecule has 0 bridgehead atoms. The molecule has 0 aliphatic carbocycles. The highest BCUT2D eigenvalue weighted by Gasteiger charge is 2.30. The average molecular weight is 301 g/mol. The van der Waals surface area contributed by atoms with Gasteiger partial charge in [-0.1, -0.05) is 6.08 Å². The highest BCUT2D eigenvalue weighted by molar-refractivity contribution is 5.85. The van der Waals surface area contributed by atoms with Gasteiger partial charge in [-0.2, -0.15) is 13.2 Å². The third kappa shape index (κ3) is 4.15. The SMILES string of the molecule is Cl.Cl.FC(F)(F)c1ccnc(C2=CCNCC2)c1. The standard InChI is InChI=1S/C11H11F3N2.2ClH/c12-11(13,14)9-3-6-16-10(7-9)8-1-4-15-5-2-8;;/h1,3,6-7,15H,2,4-5H2;2*1H. The molecule has 102 valence electrons. The first-order chi connectivity index (χ1) is 7.57. The lowest BCUT2D eigenvalue weighted by atomic mass is 10.0. The fraction of sp³-hybridized carbons (Fsp3) is 0.364. The van der Waals surface area contributed by atoms with Crippen molar-refractivity contribution in [2.75, 3.05) is 13.1 Å². The lowest BCUT2D eigenvalue weighted by Gasteiger charge is -2.14. The molecule has 0 saturated heterocycles. The second-order valence-electron chi connectivity index (χ2n) is 3.61. The number of aromatic nitrogens is 1. The van der Waals surface area contributed by atoms with Crippen LogP contribution in [0.4, 0.5) is 13.2 Å². The van der Waals surface area contributed by atoms with Gasteiger partial charge in [-0.05, 0) is 30.7 Å². The quantitative estimate of drug-likeness (QED) is 0.860. The number of alkyl halides is 3. The van der Waals surface area contributed by atoms with Crippen molar-refractivity contribution in [2.45, 2.75) is 12.6 Å². The number of pyridine rings is 1. The van der Waals surface area contributed by atoms with E-state index in [4.69, 9.17) is 0 Å². The van der Waals surface area contributed by atoms with Crippen LogP contribution in [0.1, 0.15) is 17.7 Å². The lowest BCUT2D eigenvalue weighted by molar-refractivity contribution is -0.137. The summed E-state index contributed by atoms with van der Waals surface area (Å²) in [7, 11) is 0. The Kier molecular flexibility index (Phi) is 6.67. The second-order valence-corrected chi connectivity index (χ2v) is 3.61. The molecule has 0 fully saturated rings. The zero-order valence-corrected chi connectivity index (χ0v) is 11.0. The average Bonchev–Trinajstić information content (AvgIpc) is 2.29. The molecule has 0 saturated carbocycles. The van der Waals surface area contributed by atoms with E-state index in [9.17, 15) is 13.2 Å². The predicted molar refractivity (Wildman–Crippen MR) is 69.2 cm³/mol. The number of halogens is 5. The zero-order chi connectivity index (χ0) is 11.6. The Morgan fingerprint density at radius 1 is 1.22 bits per heavy atom. The van der Waals surface area contributed by atoms with Gasteiger partial charge in [-0.25, -0.2) is 0 Å². The van der Waals surface area contributed by atoms with Crippen LogP contribution in [0, 0.1) is 0 Å². The Balaban J connectivity index is 0.00000144. The van der Waals surface area contributed by atoms with E-state index in [0.717, 1.165) is 24.3 Å². The van der Waals surface area contributed by atoms with Gasteiger partial charge in [0.1, 0.15) is 0 Å². The molecule has 1 aliphatic rings. The molecule has 2 rings (SSSR count). The van der Waals surface area contributed by atoms with E-state index in [2.05, 4.69) is 10.3 Å². The molecule has 2 nitrogen and oxygen atoms in total. The Morgan fingerprint density at radius 3 is 2.50 bits per heavy atom. The van der Waals surface area contributed by atoms with Crippen molar-refractivity contribution < 1.29 is 13.2 Å². The Hall–Kier alpha value is -0.780. The summed E-state index contributed by atoms with van der Waals surface area (Å²) in [6.07, 6.45) is -0.494. The Bertz CT molecular complexity index is 419. The van der Waals surface area contributed by atoms with Gasteiger partial charge in [0, 0.05) is 12.7 Å². The molecule has 0 aromatic carbocycles. The van der Waals surface area contributed by atoms with Crippen LogP contribution in [0.2, 0.25) is 0 Å². The summed E-state index contributed by atoms with van der Waals surface area (Å²) in [5, 5.41) is 3.10. The third-order valence-corrected chi connectivity index (χ3v) is 2.48. The maximum Gasteiger partial charge on any atom is 0.416 e. The summed E-state index contributed by atoms with van der Waals surface area (Å²) in [6.45, 7) is 1.47. The van der Waals surface area contributed by atoms with Gasteiger partial charge in [0.15, 0.2) is 0 Å². The van der Waals surface area contributed by atoms with E-state index in [0.29, 0.717) is 18.7 Å². The summed E-state index contributed by atoms with van der Waals surface area (Å²) in [4.78, 5) is 3.98. The molecule has 2 heterocycles. The van der Waals surface area contributed by atoms with Gasteiger partial charge in [0.2, 0.25) is 0 Å². The summed E-state index contributed by atoms with van der Waals surface area (Å²) >= 11 is 0. The summed E-state index contributed by atoms with van der Waals surface area (Å²) in [5.41, 5.74) is 0.665. The highest BCUT2D eigenvalue weighted by atomic mass is 35.5. The fourth-order valence-corrected chi connectivity index (χ4v) is 1.64. The minimum Gasteiger partial charge on any atom is -0.313 e. The van der Waals surface area contributed by atoms with Crippen LogP contribution in [0.25, 0.3) is 5.57 Å². The van der Waals surface area contributed by atoms with Crippen molar-refractivity contribution in [3.63, 3.8) is 0 Å². The van der Waals surface area contributed by atoms with Gasteiger partial charge in [0.05, 0.1) is 11.3 Å². The van der Waals surface area contributed by atoms with Crippen molar-refractivity contribution in [2.24, 2.45) is 0 Å². The van der Waals surface area contributed by atoms with Crippen LogP contribution in [-0.4, -0.2) is 18.1 Å². The molecular formula is C11H13Cl2F3N2. The number of rotatable bonds is 1. The molecule has 1 aliphatic heterocycles. The molecule has 1 N–H and O–H groups in total. The minimum atomic E-state index is -4.30. The van der Waals surface area contributed by atoms with Gasteiger partial charge in [-0.3, -0.25) is 4.98 Å². The topological polar surface area (TPSA) is 24.9 Å². The van der Waals surface area contributed by atoms with E-state index in [1.807, 2.05) is 6.08 Å². The van der Waals surface area contributed by atoms with Crippen LogP contribution < -0.4 is 5.32 Å². The lowest BCUT2D eigenvalue weighted by Crippen LogP contribution is -2.20. The van der Waals surface area contributed by atoms with Gasteiger partial charge < -0.3 is 5.32 Å². The molecule has 18 heavy (non-hydrogen) atoms. The maximum absolute atomic E-state index is 12.5. The maximum atomic E-state index is 12.5. The smallest absolute Gasteiger partial charge is 0.313 e. The monoisotopic (exact) mass is 300 g/mol. The zero-order valence-electron chi connectivity index (χ0n) is 9.33. The molecule has 1 aromatic heterocycles. The number of nitrogens with one attached hydrogen (secondary N) is 1. The molecule has 0 unspecified atom stereocenters. The number of hydrogen-bond donors (Lipinski definition) is 1. The first kappa shape index (κ1) is 17.2. The van der Waals surface area contributed by atoms with Crippen molar-refractivity contribution in [3.05, 3.63) is 35.7 Å². The van der Waals surface area contributed by atoms with Crippen LogP contribution in [0.15, 0.2) is 24.4 Å². The molecule has 0 amide bonds. The van der Waals surface area contributed by atoms with Crippen molar-refractivity contribution in [1.82, 2.24) is 10.3 Å². The van der Waals surface area contributed by atoms with Gasteiger partial charge >= 0.3 is 6.18 Å². The summed E-state index contributed by atoms with van der Waals surface area (Å²) < 4.78 is 37.4. The van der Waals surface area contributed by atoms with Gasteiger partial charge in [0.25, 0.3) is 0 Å². The van der Waals surface area contributed by atoms with Crippen molar-refractivity contribution in [1.29, 1.82) is 0 Å². The van der Waals surface area contributed by atoms with Crippen LogP contribution in [0.5, 0.6) is 0 Å². The van der Waals surface area contributed by atoms with Crippen molar-refractivity contribution >= 4 is 30.4 Å². The molecule has 0 spiro atoms. The summed E-state index contributed by atoms with van der Waals surface area (Å²) in [5.74, 6) is 0. The van der Waals surface area contributed by atoms with Crippen molar-refractivity contribution in [3.8, 4) is 0 Å². The first-order valence-electron chi connectivity index (χ1n) is 5.01. The third-order valence-electron chi connectivity index (χ3n) is 2.48. The van der Waals surface area contributed by atoms with E-state index in [1.165, 1.54) is 6.20 Å². The molecule has 1 aromatic rings. The highest BCUT2D eigenvalue weighted by Crippen LogP contribution is 2.30. The Labute approximate surface area is 115 Å². The number of nitrogens with zero attached hydrogens (tertiary/aromatic N) is 1. The second kappa shape index (κ2) is 6.97. The molecule has 0 atom stereocenters. The van der Waals surface area contributed by atoms with E-state index >= 15 is 0 Å². The Morgan fingerprint density at radius 2 is 1.94 bits per heavy atom. The van der Waals surface area contributed by atoms with E-state index < -0.39 is 11.7 Å². The predicted octanol–water partition coefficient (Wildman–Crippen LogP) is 3.32.